The molecule has 30 heavy (non-hydrogen) atoms. The maximum Gasteiger partial charge on any atom is 0.271 e. The van der Waals surface area contributed by atoms with E-state index in [9.17, 15) is 4.79 Å². The van der Waals surface area contributed by atoms with Crippen LogP contribution in [0.1, 0.15) is 49.2 Å². The molecule has 2 aromatic rings. The largest absolute Gasteiger partial charge is 0.378 e. The number of carbonyl (C=O) groups is 1. The number of hydrogen-bond acceptors (Lipinski definition) is 3. The van der Waals surface area contributed by atoms with Crippen LogP contribution >= 0.6 is 46.4 Å². The summed E-state index contributed by atoms with van der Waals surface area (Å²) in [6, 6.07) is 10.4. The van der Waals surface area contributed by atoms with Crippen LogP contribution in [-0.2, 0) is 10.2 Å². The van der Waals surface area contributed by atoms with Gasteiger partial charge in [-0.05, 0) is 30.7 Å². The SMILES string of the molecule is CC(C)[C@H]1C[C@](CCNC(=O)c2nc(Cl)c(Cl)c(Cl)c2Cl)(c2ccccc2)CCO1. The highest BCUT2D eigenvalue weighted by molar-refractivity contribution is 6.52. The molecule has 162 valence electrons. The third-order valence-electron chi connectivity index (χ3n) is 5.72. The topological polar surface area (TPSA) is 51.2 Å². The highest BCUT2D eigenvalue weighted by Gasteiger charge is 2.39. The quantitative estimate of drug-likeness (QED) is 0.465. The van der Waals surface area contributed by atoms with Crippen molar-refractivity contribution in [2.24, 2.45) is 5.92 Å². The van der Waals surface area contributed by atoms with Crippen LogP contribution in [0.25, 0.3) is 0 Å². The van der Waals surface area contributed by atoms with E-state index < -0.39 is 5.91 Å². The third-order valence-corrected chi connectivity index (χ3v) is 7.40. The normalized spacial score (nSPS) is 21.6. The lowest BCUT2D eigenvalue weighted by Gasteiger charge is -2.43. The fourth-order valence-corrected chi connectivity index (χ4v) is 4.76. The Kier molecular flexibility index (Phi) is 7.92. The predicted molar refractivity (Wildman–Crippen MR) is 123 cm³/mol. The van der Waals surface area contributed by atoms with Gasteiger partial charge in [-0.15, -0.1) is 0 Å². The summed E-state index contributed by atoms with van der Waals surface area (Å²) in [5.74, 6) is -0.0134. The molecule has 1 aromatic carbocycles. The van der Waals surface area contributed by atoms with Crippen LogP contribution in [0.15, 0.2) is 30.3 Å². The average molecular weight is 490 g/mol. The van der Waals surface area contributed by atoms with Gasteiger partial charge in [-0.3, -0.25) is 4.79 Å². The van der Waals surface area contributed by atoms with Gasteiger partial charge < -0.3 is 10.1 Å². The molecule has 1 N–H and O–H groups in total. The van der Waals surface area contributed by atoms with E-state index in [1.165, 1.54) is 5.56 Å². The standard InChI is InChI=1S/C22H24Cl4N2O2/c1-13(2)15-12-22(9-11-30-15,14-6-4-3-5-7-14)8-10-27-21(29)19-17(24)16(23)18(25)20(26)28-19/h3-7,13,15H,8-12H2,1-2H3,(H,27,29)/t15-,22-/m1/s1. The lowest BCUT2D eigenvalue weighted by molar-refractivity contribution is -0.0468. The minimum absolute atomic E-state index is 0.00715. The molecule has 2 atom stereocenters. The highest BCUT2D eigenvalue weighted by Crippen LogP contribution is 2.42. The molecule has 0 spiro atoms. The molecular formula is C22H24Cl4N2O2. The second-order valence-electron chi connectivity index (χ2n) is 7.95. The number of amides is 1. The predicted octanol–water partition coefficient (Wildman–Crippen LogP) is 6.59. The number of halogens is 4. The van der Waals surface area contributed by atoms with Crippen molar-refractivity contribution in [1.82, 2.24) is 10.3 Å². The summed E-state index contributed by atoms with van der Waals surface area (Å²) >= 11 is 24.1. The van der Waals surface area contributed by atoms with E-state index in [1.54, 1.807) is 0 Å². The zero-order chi connectivity index (χ0) is 21.9. The molecule has 0 bridgehead atoms. The van der Waals surface area contributed by atoms with E-state index in [0.717, 1.165) is 19.3 Å². The summed E-state index contributed by atoms with van der Waals surface area (Å²) in [7, 11) is 0. The van der Waals surface area contributed by atoms with Gasteiger partial charge in [-0.2, -0.15) is 0 Å². The number of pyridine rings is 1. The smallest absolute Gasteiger partial charge is 0.271 e. The second-order valence-corrected chi connectivity index (χ2v) is 9.44. The Morgan fingerprint density at radius 1 is 1.17 bits per heavy atom. The van der Waals surface area contributed by atoms with Crippen molar-refractivity contribution in [2.75, 3.05) is 13.2 Å². The first-order valence-electron chi connectivity index (χ1n) is 9.90. The molecule has 1 saturated heterocycles. The van der Waals surface area contributed by atoms with Crippen LogP contribution in [0.5, 0.6) is 0 Å². The fourth-order valence-electron chi connectivity index (χ4n) is 3.94. The number of ether oxygens (including phenoxy) is 1. The molecule has 1 amide bonds. The van der Waals surface area contributed by atoms with Gasteiger partial charge in [0.25, 0.3) is 5.91 Å². The molecule has 2 heterocycles. The fraction of sp³-hybridized carbons (Fsp3) is 0.455. The summed E-state index contributed by atoms with van der Waals surface area (Å²) in [5.41, 5.74) is 1.16. The zero-order valence-electron chi connectivity index (χ0n) is 16.9. The van der Waals surface area contributed by atoms with E-state index in [4.69, 9.17) is 51.1 Å². The second kappa shape index (κ2) is 10.1. The van der Waals surface area contributed by atoms with Gasteiger partial charge in [0.2, 0.25) is 0 Å². The van der Waals surface area contributed by atoms with Crippen molar-refractivity contribution in [3.63, 3.8) is 0 Å². The molecule has 1 fully saturated rings. The Balaban J connectivity index is 1.77. The van der Waals surface area contributed by atoms with Gasteiger partial charge in [-0.25, -0.2) is 4.98 Å². The Morgan fingerprint density at radius 2 is 1.87 bits per heavy atom. The van der Waals surface area contributed by atoms with Crippen molar-refractivity contribution >= 4 is 52.3 Å². The van der Waals surface area contributed by atoms with Crippen LogP contribution in [-0.4, -0.2) is 30.1 Å². The van der Waals surface area contributed by atoms with Gasteiger partial charge in [0.15, 0.2) is 0 Å². The lowest BCUT2D eigenvalue weighted by atomic mass is 9.68. The number of benzene rings is 1. The van der Waals surface area contributed by atoms with Crippen molar-refractivity contribution in [2.45, 2.75) is 44.6 Å². The number of nitrogens with one attached hydrogen (secondary N) is 1. The van der Waals surface area contributed by atoms with Crippen LogP contribution < -0.4 is 5.32 Å². The molecule has 0 saturated carbocycles. The maximum absolute atomic E-state index is 12.7. The van der Waals surface area contributed by atoms with Crippen molar-refractivity contribution in [3.8, 4) is 0 Å². The molecule has 0 aliphatic carbocycles. The average Bonchev–Trinajstić information content (AvgIpc) is 2.75. The molecule has 0 radical (unpaired) electrons. The van der Waals surface area contributed by atoms with Crippen molar-refractivity contribution < 1.29 is 9.53 Å². The molecule has 1 aliphatic rings. The van der Waals surface area contributed by atoms with Gasteiger partial charge in [-0.1, -0.05) is 90.6 Å². The van der Waals surface area contributed by atoms with Crippen molar-refractivity contribution in [1.29, 1.82) is 0 Å². The zero-order valence-corrected chi connectivity index (χ0v) is 19.9. The molecule has 8 heteroatoms. The Bertz CT molecular complexity index is 908. The minimum Gasteiger partial charge on any atom is -0.378 e. The Hall–Kier alpha value is -1.04. The summed E-state index contributed by atoms with van der Waals surface area (Å²) in [6.45, 7) is 5.50. The number of carbonyl (C=O) groups excluding carboxylic acids is 1. The van der Waals surface area contributed by atoms with Crippen LogP contribution in [0.2, 0.25) is 20.2 Å². The first kappa shape index (κ1) is 23.6. The summed E-state index contributed by atoms with van der Waals surface area (Å²) in [6.07, 6.45) is 2.75. The van der Waals surface area contributed by atoms with Gasteiger partial charge in [0, 0.05) is 18.6 Å². The number of hydrogen-bond donors (Lipinski definition) is 1. The third kappa shape index (κ3) is 5.05. The number of aromatic nitrogens is 1. The molecule has 0 unspecified atom stereocenters. The lowest BCUT2D eigenvalue weighted by Crippen LogP contribution is -2.43. The van der Waals surface area contributed by atoms with E-state index in [2.05, 4.69) is 48.4 Å². The first-order chi connectivity index (χ1) is 14.2. The molecule has 3 rings (SSSR count). The first-order valence-corrected chi connectivity index (χ1v) is 11.4. The Labute approximate surface area is 197 Å². The Morgan fingerprint density at radius 3 is 2.53 bits per heavy atom. The van der Waals surface area contributed by atoms with E-state index in [1.807, 2.05) is 6.07 Å². The molecule has 4 nitrogen and oxygen atoms in total. The van der Waals surface area contributed by atoms with E-state index >= 15 is 0 Å². The van der Waals surface area contributed by atoms with E-state index in [-0.39, 0.29) is 37.4 Å². The van der Waals surface area contributed by atoms with Crippen LogP contribution in [0, 0.1) is 5.92 Å². The maximum atomic E-state index is 12.7. The summed E-state index contributed by atoms with van der Waals surface area (Å²) in [5, 5.41) is 2.90. The highest BCUT2D eigenvalue weighted by atomic mass is 35.5. The number of nitrogens with zero attached hydrogens (tertiary/aromatic N) is 1. The van der Waals surface area contributed by atoms with Gasteiger partial charge in [0.05, 0.1) is 21.2 Å². The van der Waals surface area contributed by atoms with E-state index in [0.29, 0.717) is 19.1 Å². The summed E-state index contributed by atoms with van der Waals surface area (Å²) in [4.78, 5) is 16.7. The monoisotopic (exact) mass is 488 g/mol. The molecule has 1 aromatic heterocycles. The molecule has 1 aliphatic heterocycles. The van der Waals surface area contributed by atoms with Crippen LogP contribution in [0.4, 0.5) is 0 Å². The minimum atomic E-state index is -0.434. The summed E-state index contributed by atoms with van der Waals surface area (Å²) < 4.78 is 6.01. The van der Waals surface area contributed by atoms with Gasteiger partial charge in [0.1, 0.15) is 10.8 Å². The number of rotatable bonds is 6. The van der Waals surface area contributed by atoms with Crippen molar-refractivity contribution in [3.05, 3.63) is 61.8 Å². The van der Waals surface area contributed by atoms with Crippen LogP contribution in [0.3, 0.4) is 0 Å². The molecular weight excluding hydrogens is 466 g/mol. The van der Waals surface area contributed by atoms with Gasteiger partial charge >= 0.3 is 0 Å².